The van der Waals surface area contributed by atoms with Crippen molar-refractivity contribution < 1.29 is 22.8 Å². The van der Waals surface area contributed by atoms with Gasteiger partial charge in [-0.15, -0.1) is 0 Å². The summed E-state index contributed by atoms with van der Waals surface area (Å²) >= 11 is 5.61. The van der Waals surface area contributed by atoms with Crippen molar-refractivity contribution in [3.8, 4) is 5.75 Å². The van der Waals surface area contributed by atoms with Crippen LogP contribution in [0.2, 0.25) is 5.02 Å². The Hall–Kier alpha value is -1.50. The number of nitrogens with zero attached hydrogens (tertiary/aromatic N) is 1. The molecule has 0 radical (unpaired) electrons. The van der Waals surface area contributed by atoms with Gasteiger partial charge in [-0.1, -0.05) is 11.6 Å². The highest BCUT2D eigenvalue weighted by atomic mass is 35.5. The summed E-state index contributed by atoms with van der Waals surface area (Å²) in [5.74, 6) is -0.199. The molecular weight excluding hydrogens is 263 g/mol. The lowest BCUT2D eigenvalue weighted by Crippen LogP contribution is -2.19. The van der Waals surface area contributed by atoms with Gasteiger partial charge in [0.25, 0.3) is 5.69 Å². The SMILES string of the molecule is Cc1cc([N+](=O)[O-])cc(Cl)c1OCC(F)(F)F. The van der Waals surface area contributed by atoms with Gasteiger partial charge in [-0.05, 0) is 12.5 Å². The number of ether oxygens (including phenoxy) is 1. The molecule has 0 aliphatic heterocycles. The molecule has 1 rings (SSSR count). The molecule has 0 spiro atoms. The summed E-state index contributed by atoms with van der Waals surface area (Å²) in [6, 6.07) is 2.04. The van der Waals surface area contributed by atoms with Crippen LogP contribution in [0.25, 0.3) is 0 Å². The average molecular weight is 270 g/mol. The number of halogens is 4. The minimum Gasteiger partial charge on any atom is -0.482 e. The van der Waals surface area contributed by atoms with Crippen molar-refractivity contribution in [2.75, 3.05) is 6.61 Å². The van der Waals surface area contributed by atoms with Crippen molar-refractivity contribution >= 4 is 17.3 Å². The van der Waals surface area contributed by atoms with E-state index in [1.165, 1.54) is 6.92 Å². The van der Waals surface area contributed by atoms with Gasteiger partial charge in [0.05, 0.1) is 9.95 Å². The zero-order valence-electron chi connectivity index (χ0n) is 8.55. The fraction of sp³-hybridized carbons (Fsp3) is 0.333. The van der Waals surface area contributed by atoms with Crippen molar-refractivity contribution in [2.45, 2.75) is 13.1 Å². The number of hydrogen-bond acceptors (Lipinski definition) is 3. The zero-order valence-corrected chi connectivity index (χ0v) is 9.30. The van der Waals surface area contributed by atoms with Gasteiger partial charge in [-0.2, -0.15) is 13.2 Å². The fourth-order valence-electron chi connectivity index (χ4n) is 1.15. The molecule has 0 atom stereocenters. The van der Waals surface area contributed by atoms with E-state index >= 15 is 0 Å². The number of aryl methyl sites for hydroxylation is 1. The first kappa shape index (κ1) is 13.6. The van der Waals surface area contributed by atoms with E-state index in [4.69, 9.17) is 11.6 Å². The second-order valence-corrected chi connectivity index (χ2v) is 3.64. The molecule has 0 unspecified atom stereocenters. The molecule has 17 heavy (non-hydrogen) atoms. The van der Waals surface area contributed by atoms with E-state index in [1.54, 1.807) is 0 Å². The van der Waals surface area contributed by atoms with Crippen LogP contribution in [-0.2, 0) is 0 Å². The maximum atomic E-state index is 11.9. The summed E-state index contributed by atoms with van der Waals surface area (Å²) in [6.07, 6.45) is -4.49. The van der Waals surface area contributed by atoms with Crippen LogP contribution in [0.15, 0.2) is 12.1 Å². The largest absolute Gasteiger partial charge is 0.482 e. The van der Waals surface area contributed by atoms with E-state index in [0.29, 0.717) is 0 Å². The highest BCUT2D eigenvalue weighted by Gasteiger charge is 2.29. The number of benzene rings is 1. The Bertz CT molecular complexity index is 425. The van der Waals surface area contributed by atoms with Crippen LogP contribution in [-0.4, -0.2) is 17.7 Å². The van der Waals surface area contributed by atoms with E-state index in [-0.39, 0.29) is 22.0 Å². The molecule has 4 nitrogen and oxygen atoms in total. The summed E-state index contributed by atoms with van der Waals surface area (Å²) in [5.41, 5.74) is -0.125. The number of nitro groups is 1. The van der Waals surface area contributed by atoms with Gasteiger partial charge in [0.2, 0.25) is 0 Å². The van der Waals surface area contributed by atoms with Crippen molar-refractivity contribution in [1.29, 1.82) is 0 Å². The number of nitro benzene ring substituents is 1. The molecule has 0 saturated carbocycles. The smallest absolute Gasteiger partial charge is 0.422 e. The maximum absolute atomic E-state index is 11.9. The summed E-state index contributed by atoms with van der Waals surface area (Å²) in [7, 11) is 0. The predicted octanol–water partition coefficient (Wildman–Crippen LogP) is 3.50. The first-order chi connectivity index (χ1) is 7.70. The summed E-state index contributed by atoms with van der Waals surface area (Å²) in [4.78, 5) is 9.77. The highest BCUT2D eigenvalue weighted by Crippen LogP contribution is 2.33. The summed E-state index contributed by atoms with van der Waals surface area (Å²) < 4.78 is 40.3. The van der Waals surface area contributed by atoms with E-state index in [9.17, 15) is 23.3 Å². The average Bonchev–Trinajstić information content (AvgIpc) is 2.14. The van der Waals surface area contributed by atoms with Crippen LogP contribution in [0.1, 0.15) is 5.56 Å². The van der Waals surface area contributed by atoms with E-state index < -0.39 is 17.7 Å². The monoisotopic (exact) mass is 269 g/mol. The molecule has 0 amide bonds. The molecule has 0 bridgehead atoms. The minimum atomic E-state index is -4.49. The Morgan fingerprint density at radius 1 is 1.47 bits per heavy atom. The topological polar surface area (TPSA) is 52.4 Å². The number of alkyl halides is 3. The summed E-state index contributed by atoms with van der Waals surface area (Å²) in [5, 5.41) is 10.2. The molecule has 0 heterocycles. The number of rotatable bonds is 3. The third-order valence-electron chi connectivity index (χ3n) is 1.81. The van der Waals surface area contributed by atoms with Crippen LogP contribution in [0.4, 0.5) is 18.9 Å². The maximum Gasteiger partial charge on any atom is 0.422 e. The lowest BCUT2D eigenvalue weighted by molar-refractivity contribution is -0.384. The quantitative estimate of drug-likeness (QED) is 0.623. The Kier molecular flexibility index (Phi) is 3.82. The second-order valence-electron chi connectivity index (χ2n) is 3.23. The molecule has 0 aliphatic rings. The molecular formula is C9H7ClF3NO3. The van der Waals surface area contributed by atoms with Crippen LogP contribution in [0.5, 0.6) is 5.75 Å². The highest BCUT2D eigenvalue weighted by molar-refractivity contribution is 6.32. The molecule has 0 aliphatic carbocycles. The molecule has 94 valence electrons. The van der Waals surface area contributed by atoms with Crippen molar-refractivity contribution in [3.63, 3.8) is 0 Å². The van der Waals surface area contributed by atoms with Gasteiger partial charge in [0, 0.05) is 12.1 Å². The normalized spacial score (nSPS) is 11.4. The van der Waals surface area contributed by atoms with Gasteiger partial charge in [-0.3, -0.25) is 10.1 Å². The molecule has 8 heteroatoms. The number of hydrogen-bond donors (Lipinski definition) is 0. The van der Waals surface area contributed by atoms with Crippen molar-refractivity contribution in [1.82, 2.24) is 0 Å². The first-order valence-electron chi connectivity index (χ1n) is 4.35. The fourth-order valence-corrected chi connectivity index (χ4v) is 1.47. The van der Waals surface area contributed by atoms with Gasteiger partial charge in [-0.25, -0.2) is 0 Å². The van der Waals surface area contributed by atoms with Gasteiger partial charge in [0.1, 0.15) is 5.75 Å². The molecule has 0 saturated heterocycles. The van der Waals surface area contributed by atoms with Crippen LogP contribution in [0, 0.1) is 17.0 Å². The van der Waals surface area contributed by atoms with Crippen LogP contribution in [0.3, 0.4) is 0 Å². The number of non-ortho nitro benzene ring substituents is 1. The Morgan fingerprint density at radius 3 is 2.47 bits per heavy atom. The van der Waals surface area contributed by atoms with E-state index in [1.807, 2.05) is 0 Å². The third kappa shape index (κ3) is 3.77. The Balaban J connectivity index is 2.98. The molecule has 1 aromatic carbocycles. The first-order valence-corrected chi connectivity index (χ1v) is 4.72. The Labute approximate surface area is 99.1 Å². The minimum absolute atomic E-state index is 0.174. The lowest BCUT2D eigenvalue weighted by atomic mass is 10.2. The van der Waals surface area contributed by atoms with Gasteiger partial charge >= 0.3 is 6.18 Å². The zero-order chi connectivity index (χ0) is 13.2. The van der Waals surface area contributed by atoms with E-state index in [0.717, 1.165) is 12.1 Å². The molecule has 0 aromatic heterocycles. The third-order valence-corrected chi connectivity index (χ3v) is 2.09. The van der Waals surface area contributed by atoms with Gasteiger partial charge < -0.3 is 4.74 Å². The van der Waals surface area contributed by atoms with Crippen LogP contribution < -0.4 is 4.74 Å². The van der Waals surface area contributed by atoms with Gasteiger partial charge in [0.15, 0.2) is 6.61 Å². The molecule has 0 fully saturated rings. The van der Waals surface area contributed by atoms with Crippen molar-refractivity contribution in [2.24, 2.45) is 0 Å². The lowest BCUT2D eigenvalue weighted by Gasteiger charge is -2.12. The van der Waals surface area contributed by atoms with Crippen molar-refractivity contribution in [3.05, 3.63) is 32.8 Å². The standard InChI is InChI=1S/C9H7ClF3NO3/c1-5-2-6(14(15)16)3-7(10)8(5)17-4-9(11,12)13/h2-3H,4H2,1H3. The predicted molar refractivity (Wildman–Crippen MR) is 54.4 cm³/mol. The summed E-state index contributed by atoms with van der Waals surface area (Å²) in [6.45, 7) is -0.115. The second kappa shape index (κ2) is 4.79. The Morgan fingerprint density at radius 2 is 2.06 bits per heavy atom. The van der Waals surface area contributed by atoms with E-state index in [2.05, 4.69) is 4.74 Å². The molecule has 0 N–H and O–H groups in total. The molecule has 1 aromatic rings. The van der Waals surface area contributed by atoms with Crippen LogP contribution >= 0.6 is 11.6 Å².